The predicted octanol–water partition coefficient (Wildman–Crippen LogP) is 1.31. The third-order valence-electron chi connectivity index (χ3n) is 4.23. The predicted molar refractivity (Wildman–Crippen MR) is 66.5 cm³/mol. The second kappa shape index (κ2) is 5.03. The number of hydrogen-bond donors (Lipinski definition) is 1. The summed E-state index contributed by atoms with van der Waals surface area (Å²) < 4.78 is 0. The number of aliphatic hydroxyl groups is 1. The van der Waals surface area contributed by atoms with Crippen molar-refractivity contribution in [2.24, 2.45) is 0 Å². The normalized spacial score (nSPS) is 36.0. The van der Waals surface area contributed by atoms with E-state index in [4.69, 9.17) is 0 Å². The molecule has 4 atom stereocenters. The molecule has 2 saturated heterocycles. The van der Waals surface area contributed by atoms with Crippen LogP contribution in [-0.2, 0) is 0 Å². The third kappa shape index (κ3) is 2.58. The summed E-state index contributed by atoms with van der Waals surface area (Å²) in [7, 11) is 0. The Kier molecular flexibility index (Phi) is 3.88. The van der Waals surface area contributed by atoms with Crippen LogP contribution in [0.15, 0.2) is 0 Å². The van der Waals surface area contributed by atoms with Crippen molar-refractivity contribution in [2.75, 3.05) is 19.6 Å². The van der Waals surface area contributed by atoms with E-state index in [1.807, 2.05) is 6.92 Å². The molecule has 0 amide bonds. The number of nitrogens with zero attached hydrogens (tertiary/aromatic N) is 2. The molecule has 0 aromatic carbocycles. The molecule has 0 aliphatic carbocycles. The van der Waals surface area contributed by atoms with Gasteiger partial charge in [-0.25, -0.2) is 0 Å². The standard InChI is InChI=1S/C13H26N2O/c1-10(7-12(3)16)15-9-13-5-4-6-14(13)8-11(15)2/h10-13,16H,4-9H2,1-3H3. The maximum Gasteiger partial charge on any atom is 0.0526 e. The lowest BCUT2D eigenvalue weighted by molar-refractivity contribution is 0.0174. The average Bonchev–Trinajstić information content (AvgIpc) is 2.61. The molecular weight excluding hydrogens is 200 g/mol. The van der Waals surface area contributed by atoms with E-state index in [9.17, 15) is 5.11 Å². The Labute approximate surface area is 99.4 Å². The second-order valence-electron chi connectivity index (χ2n) is 5.77. The summed E-state index contributed by atoms with van der Waals surface area (Å²) in [4.78, 5) is 5.25. The van der Waals surface area contributed by atoms with Gasteiger partial charge in [0.1, 0.15) is 0 Å². The molecule has 16 heavy (non-hydrogen) atoms. The van der Waals surface area contributed by atoms with Crippen molar-refractivity contribution in [1.82, 2.24) is 9.80 Å². The molecule has 4 unspecified atom stereocenters. The van der Waals surface area contributed by atoms with Gasteiger partial charge >= 0.3 is 0 Å². The SMILES string of the molecule is CC(O)CC(C)N1CC2CCCN2CC1C. The zero-order valence-corrected chi connectivity index (χ0v) is 10.9. The van der Waals surface area contributed by atoms with Crippen LogP contribution in [-0.4, -0.2) is 58.8 Å². The smallest absolute Gasteiger partial charge is 0.0526 e. The van der Waals surface area contributed by atoms with Crippen molar-refractivity contribution in [3.63, 3.8) is 0 Å². The van der Waals surface area contributed by atoms with Gasteiger partial charge in [0.05, 0.1) is 6.10 Å². The molecular formula is C13H26N2O. The van der Waals surface area contributed by atoms with Crippen molar-refractivity contribution >= 4 is 0 Å². The highest BCUT2D eigenvalue weighted by Gasteiger charge is 2.36. The highest BCUT2D eigenvalue weighted by atomic mass is 16.3. The van der Waals surface area contributed by atoms with Crippen LogP contribution < -0.4 is 0 Å². The van der Waals surface area contributed by atoms with Crippen LogP contribution in [0.2, 0.25) is 0 Å². The van der Waals surface area contributed by atoms with E-state index in [0.717, 1.165) is 12.5 Å². The van der Waals surface area contributed by atoms with Gasteiger partial charge in [0.25, 0.3) is 0 Å². The Morgan fingerprint density at radius 3 is 2.75 bits per heavy atom. The van der Waals surface area contributed by atoms with Gasteiger partial charge in [0, 0.05) is 31.2 Å². The first-order chi connectivity index (χ1) is 7.58. The summed E-state index contributed by atoms with van der Waals surface area (Å²) in [5.41, 5.74) is 0. The lowest BCUT2D eigenvalue weighted by atomic mass is 10.0. The maximum atomic E-state index is 9.49. The van der Waals surface area contributed by atoms with E-state index in [0.29, 0.717) is 12.1 Å². The van der Waals surface area contributed by atoms with Crippen LogP contribution in [0.3, 0.4) is 0 Å². The molecule has 0 aromatic rings. The molecule has 0 aromatic heterocycles. The van der Waals surface area contributed by atoms with Crippen LogP contribution in [0.4, 0.5) is 0 Å². The molecule has 0 radical (unpaired) electrons. The van der Waals surface area contributed by atoms with Gasteiger partial charge in [-0.05, 0) is 46.6 Å². The summed E-state index contributed by atoms with van der Waals surface area (Å²) in [6, 6.07) is 1.94. The minimum atomic E-state index is -0.177. The first-order valence-corrected chi connectivity index (χ1v) is 6.75. The van der Waals surface area contributed by atoms with Crippen LogP contribution in [0, 0.1) is 0 Å². The van der Waals surface area contributed by atoms with Crippen LogP contribution in [0.5, 0.6) is 0 Å². The van der Waals surface area contributed by atoms with Crippen molar-refractivity contribution in [2.45, 2.75) is 64.3 Å². The van der Waals surface area contributed by atoms with Crippen LogP contribution in [0.1, 0.15) is 40.0 Å². The molecule has 2 aliphatic heterocycles. The van der Waals surface area contributed by atoms with Crippen molar-refractivity contribution < 1.29 is 5.11 Å². The lowest BCUT2D eigenvalue weighted by Crippen LogP contribution is -2.57. The Balaban J connectivity index is 1.93. The Bertz CT molecular complexity index is 232. The number of fused-ring (bicyclic) bond motifs is 1. The fourth-order valence-corrected chi connectivity index (χ4v) is 3.45. The number of aliphatic hydroxyl groups excluding tert-OH is 1. The van der Waals surface area contributed by atoms with E-state index in [-0.39, 0.29) is 6.10 Å². The Morgan fingerprint density at radius 1 is 1.31 bits per heavy atom. The van der Waals surface area contributed by atoms with Crippen LogP contribution >= 0.6 is 0 Å². The molecule has 0 spiro atoms. The van der Waals surface area contributed by atoms with Gasteiger partial charge in [-0.3, -0.25) is 9.80 Å². The molecule has 94 valence electrons. The van der Waals surface area contributed by atoms with Crippen molar-refractivity contribution in [3.05, 3.63) is 0 Å². The summed E-state index contributed by atoms with van der Waals surface area (Å²) in [5, 5.41) is 9.49. The zero-order chi connectivity index (χ0) is 11.7. The van der Waals surface area contributed by atoms with E-state index in [1.165, 1.54) is 32.5 Å². The average molecular weight is 226 g/mol. The maximum absolute atomic E-state index is 9.49. The van der Waals surface area contributed by atoms with Crippen LogP contribution in [0.25, 0.3) is 0 Å². The van der Waals surface area contributed by atoms with Crippen molar-refractivity contribution in [1.29, 1.82) is 0 Å². The highest BCUT2D eigenvalue weighted by molar-refractivity contribution is 4.92. The summed E-state index contributed by atoms with van der Waals surface area (Å²) in [5.74, 6) is 0. The van der Waals surface area contributed by atoms with Gasteiger partial charge in [-0.1, -0.05) is 0 Å². The summed E-state index contributed by atoms with van der Waals surface area (Å²) >= 11 is 0. The van der Waals surface area contributed by atoms with E-state index >= 15 is 0 Å². The first kappa shape index (κ1) is 12.3. The van der Waals surface area contributed by atoms with E-state index in [1.54, 1.807) is 0 Å². The summed E-state index contributed by atoms with van der Waals surface area (Å²) in [6.45, 7) is 10.2. The Morgan fingerprint density at radius 2 is 2.06 bits per heavy atom. The Hall–Kier alpha value is -0.120. The molecule has 2 heterocycles. The van der Waals surface area contributed by atoms with E-state index < -0.39 is 0 Å². The largest absolute Gasteiger partial charge is 0.393 e. The topological polar surface area (TPSA) is 26.7 Å². The number of rotatable bonds is 3. The van der Waals surface area contributed by atoms with Crippen molar-refractivity contribution in [3.8, 4) is 0 Å². The van der Waals surface area contributed by atoms with E-state index in [2.05, 4.69) is 23.6 Å². The highest BCUT2D eigenvalue weighted by Crippen LogP contribution is 2.26. The van der Waals surface area contributed by atoms with Gasteiger partial charge < -0.3 is 5.11 Å². The van der Waals surface area contributed by atoms with Gasteiger partial charge in [0.15, 0.2) is 0 Å². The fourth-order valence-electron chi connectivity index (χ4n) is 3.45. The molecule has 2 aliphatic rings. The number of hydrogen-bond acceptors (Lipinski definition) is 3. The van der Waals surface area contributed by atoms with Gasteiger partial charge in [-0.2, -0.15) is 0 Å². The third-order valence-corrected chi connectivity index (χ3v) is 4.23. The minimum absolute atomic E-state index is 0.177. The molecule has 0 bridgehead atoms. The lowest BCUT2D eigenvalue weighted by Gasteiger charge is -2.45. The first-order valence-electron chi connectivity index (χ1n) is 6.75. The zero-order valence-electron chi connectivity index (χ0n) is 10.9. The molecule has 2 rings (SSSR count). The van der Waals surface area contributed by atoms with Gasteiger partial charge in [-0.15, -0.1) is 0 Å². The quantitative estimate of drug-likeness (QED) is 0.786. The molecule has 1 N–H and O–H groups in total. The minimum Gasteiger partial charge on any atom is -0.393 e. The summed E-state index contributed by atoms with van der Waals surface area (Å²) in [6.07, 6.45) is 3.46. The second-order valence-corrected chi connectivity index (χ2v) is 5.77. The monoisotopic (exact) mass is 226 g/mol. The molecule has 3 nitrogen and oxygen atoms in total. The fraction of sp³-hybridized carbons (Fsp3) is 1.00. The number of piperazine rings is 1. The van der Waals surface area contributed by atoms with Gasteiger partial charge in [0.2, 0.25) is 0 Å². The molecule has 0 saturated carbocycles. The molecule has 3 heteroatoms. The molecule has 2 fully saturated rings.